The molecule has 0 aliphatic carbocycles. The van der Waals surface area contributed by atoms with Crippen LogP contribution in [0.5, 0.6) is 0 Å². The number of hydrogen-bond donors (Lipinski definition) is 0. The molecule has 1 saturated heterocycles. The zero-order chi connectivity index (χ0) is 13.0. The van der Waals surface area contributed by atoms with Crippen molar-refractivity contribution in [1.82, 2.24) is 9.78 Å². The van der Waals surface area contributed by atoms with Gasteiger partial charge in [0.05, 0.1) is 12.2 Å². The molecule has 0 spiro atoms. The zero-order valence-corrected chi connectivity index (χ0v) is 10.3. The van der Waals surface area contributed by atoms with Crippen LogP contribution in [0.25, 0.3) is 0 Å². The number of aldehydes is 1. The van der Waals surface area contributed by atoms with Crippen molar-refractivity contribution in [1.29, 1.82) is 0 Å². The van der Waals surface area contributed by atoms with Crippen LogP contribution >= 0.6 is 0 Å². The molecule has 6 heteroatoms. The molecule has 1 fully saturated rings. The fourth-order valence-corrected chi connectivity index (χ4v) is 1.93. The molecule has 0 N–H and O–H groups in total. The molecule has 0 aromatic carbocycles. The van der Waals surface area contributed by atoms with Gasteiger partial charge in [0.15, 0.2) is 12.0 Å². The maximum Gasteiger partial charge on any atom is 0.359 e. The van der Waals surface area contributed by atoms with E-state index in [0.717, 1.165) is 19.3 Å². The monoisotopic (exact) mass is 252 g/mol. The van der Waals surface area contributed by atoms with Gasteiger partial charge in [-0.25, -0.2) is 9.48 Å². The Morgan fingerprint density at radius 2 is 2.50 bits per heavy atom. The molecule has 1 atom stereocenters. The molecule has 0 amide bonds. The first kappa shape index (κ1) is 12.8. The molecule has 1 aliphatic rings. The van der Waals surface area contributed by atoms with E-state index in [0.29, 0.717) is 12.9 Å². The summed E-state index contributed by atoms with van der Waals surface area (Å²) in [6.07, 6.45) is 4.87. The summed E-state index contributed by atoms with van der Waals surface area (Å²) in [7, 11) is 0. The lowest BCUT2D eigenvalue weighted by molar-refractivity contribution is -0.0397. The van der Waals surface area contributed by atoms with E-state index < -0.39 is 5.97 Å². The van der Waals surface area contributed by atoms with Crippen LogP contribution < -0.4 is 0 Å². The van der Waals surface area contributed by atoms with Gasteiger partial charge >= 0.3 is 5.97 Å². The van der Waals surface area contributed by atoms with Crippen molar-refractivity contribution in [3.8, 4) is 0 Å². The van der Waals surface area contributed by atoms with Crippen molar-refractivity contribution in [3.63, 3.8) is 0 Å². The van der Waals surface area contributed by atoms with Crippen LogP contribution in [-0.2, 0) is 9.47 Å². The van der Waals surface area contributed by atoms with Gasteiger partial charge in [0.2, 0.25) is 0 Å². The predicted octanol–water partition coefficient (Wildman–Crippen LogP) is 1.57. The summed E-state index contributed by atoms with van der Waals surface area (Å²) in [6.45, 7) is 2.64. The van der Waals surface area contributed by atoms with Gasteiger partial charge in [-0.2, -0.15) is 5.10 Å². The Morgan fingerprint density at radius 1 is 1.67 bits per heavy atom. The van der Waals surface area contributed by atoms with E-state index in [1.165, 1.54) is 10.9 Å². The maximum absolute atomic E-state index is 11.6. The first-order valence-electron chi connectivity index (χ1n) is 6.09. The Hall–Kier alpha value is -1.69. The van der Waals surface area contributed by atoms with Crippen LogP contribution in [0.4, 0.5) is 0 Å². The molecule has 1 aromatic rings. The van der Waals surface area contributed by atoms with Gasteiger partial charge in [0.1, 0.15) is 6.23 Å². The minimum atomic E-state index is -0.575. The molecule has 2 heterocycles. The standard InChI is InChI=1S/C12H16N2O4/c1-2-17-12(16)11-9(8-15)7-14(13-11)10-5-3-4-6-18-10/h7-8,10H,2-6H2,1H3. The predicted molar refractivity (Wildman–Crippen MR) is 62.4 cm³/mol. The van der Waals surface area contributed by atoms with E-state index in [9.17, 15) is 9.59 Å². The quantitative estimate of drug-likeness (QED) is 0.601. The fraction of sp³-hybridized carbons (Fsp3) is 0.583. The minimum Gasteiger partial charge on any atom is -0.461 e. The third-order valence-electron chi connectivity index (χ3n) is 2.81. The van der Waals surface area contributed by atoms with Crippen LogP contribution in [0.3, 0.4) is 0 Å². The maximum atomic E-state index is 11.6. The SMILES string of the molecule is CCOC(=O)c1nn(C2CCCCO2)cc1C=O. The van der Waals surface area contributed by atoms with E-state index >= 15 is 0 Å². The minimum absolute atomic E-state index is 0.0565. The van der Waals surface area contributed by atoms with E-state index in [-0.39, 0.29) is 24.1 Å². The molecule has 6 nitrogen and oxygen atoms in total. The molecule has 0 radical (unpaired) electrons. The Balaban J connectivity index is 2.22. The number of carbonyl (C=O) groups excluding carboxylic acids is 2. The van der Waals surface area contributed by atoms with Gasteiger partial charge in [0, 0.05) is 12.8 Å². The summed E-state index contributed by atoms with van der Waals surface area (Å²) in [5.74, 6) is -0.575. The lowest BCUT2D eigenvalue weighted by Crippen LogP contribution is -2.19. The average Bonchev–Trinajstić information content (AvgIpc) is 2.84. The molecular formula is C12H16N2O4. The zero-order valence-electron chi connectivity index (χ0n) is 10.3. The van der Waals surface area contributed by atoms with Crippen LogP contribution in [0.1, 0.15) is 53.3 Å². The van der Waals surface area contributed by atoms with Crippen molar-refractivity contribution >= 4 is 12.3 Å². The smallest absolute Gasteiger partial charge is 0.359 e. The normalized spacial score (nSPS) is 19.5. The number of rotatable bonds is 4. The van der Waals surface area contributed by atoms with E-state index in [2.05, 4.69) is 5.10 Å². The number of carbonyl (C=O) groups is 2. The second kappa shape index (κ2) is 5.77. The van der Waals surface area contributed by atoms with Gasteiger partial charge in [-0.1, -0.05) is 0 Å². The highest BCUT2D eigenvalue weighted by molar-refractivity contribution is 5.96. The van der Waals surface area contributed by atoms with Gasteiger partial charge < -0.3 is 9.47 Å². The Bertz CT molecular complexity index is 435. The number of ether oxygens (including phenoxy) is 2. The largest absolute Gasteiger partial charge is 0.461 e. The van der Waals surface area contributed by atoms with Gasteiger partial charge in [0.25, 0.3) is 0 Å². The Labute approximate surface area is 105 Å². The highest BCUT2D eigenvalue weighted by Crippen LogP contribution is 2.22. The number of nitrogens with zero attached hydrogens (tertiary/aromatic N) is 2. The highest BCUT2D eigenvalue weighted by Gasteiger charge is 2.22. The number of hydrogen-bond acceptors (Lipinski definition) is 5. The van der Waals surface area contributed by atoms with Gasteiger partial charge in [-0.05, 0) is 26.2 Å². The third-order valence-corrected chi connectivity index (χ3v) is 2.81. The summed E-state index contributed by atoms with van der Waals surface area (Å²) >= 11 is 0. The lowest BCUT2D eigenvalue weighted by Gasteiger charge is -2.22. The van der Waals surface area contributed by atoms with Gasteiger partial charge in [-0.3, -0.25) is 4.79 Å². The van der Waals surface area contributed by atoms with E-state index in [1.807, 2.05) is 0 Å². The molecule has 98 valence electrons. The van der Waals surface area contributed by atoms with Gasteiger partial charge in [-0.15, -0.1) is 0 Å². The molecule has 2 rings (SSSR count). The molecule has 0 saturated carbocycles. The second-order valence-electron chi connectivity index (χ2n) is 4.07. The summed E-state index contributed by atoms with van der Waals surface area (Å²) in [6, 6.07) is 0. The van der Waals surface area contributed by atoms with Crippen LogP contribution in [0.15, 0.2) is 6.20 Å². The van der Waals surface area contributed by atoms with Crippen LogP contribution in [0, 0.1) is 0 Å². The lowest BCUT2D eigenvalue weighted by atomic mass is 10.2. The van der Waals surface area contributed by atoms with Crippen molar-refractivity contribution in [2.24, 2.45) is 0 Å². The number of esters is 1. The third kappa shape index (κ3) is 2.59. The molecule has 1 unspecified atom stereocenters. The summed E-state index contributed by atoms with van der Waals surface area (Å²) in [4.78, 5) is 22.6. The van der Waals surface area contributed by atoms with E-state index in [1.54, 1.807) is 6.92 Å². The van der Waals surface area contributed by atoms with Crippen molar-refractivity contribution in [2.75, 3.05) is 13.2 Å². The van der Waals surface area contributed by atoms with Crippen molar-refractivity contribution in [2.45, 2.75) is 32.4 Å². The summed E-state index contributed by atoms with van der Waals surface area (Å²) in [5.41, 5.74) is 0.295. The summed E-state index contributed by atoms with van der Waals surface area (Å²) in [5, 5.41) is 4.11. The summed E-state index contributed by atoms with van der Waals surface area (Å²) < 4.78 is 11.9. The fourth-order valence-electron chi connectivity index (χ4n) is 1.93. The highest BCUT2D eigenvalue weighted by atomic mass is 16.5. The Kier molecular flexibility index (Phi) is 4.09. The second-order valence-corrected chi connectivity index (χ2v) is 4.07. The van der Waals surface area contributed by atoms with Crippen molar-refractivity contribution in [3.05, 3.63) is 17.5 Å². The van der Waals surface area contributed by atoms with Crippen LogP contribution in [-0.4, -0.2) is 35.2 Å². The molecular weight excluding hydrogens is 236 g/mol. The first-order valence-corrected chi connectivity index (χ1v) is 6.09. The number of aromatic nitrogens is 2. The molecule has 1 aliphatic heterocycles. The molecule has 18 heavy (non-hydrogen) atoms. The molecule has 0 bridgehead atoms. The van der Waals surface area contributed by atoms with Crippen LogP contribution in [0.2, 0.25) is 0 Å². The first-order chi connectivity index (χ1) is 8.76. The van der Waals surface area contributed by atoms with Crippen molar-refractivity contribution < 1.29 is 19.1 Å². The van der Waals surface area contributed by atoms with E-state index in [4.69, 9.17) is 9.47 Å². The topological polar surface area (TPSA) is 70.4 Å². The average molecular weight is 252 g/mol. The Morgan fingerprint density at radius 3 is 3.11 bits per heavy atom. The molecule has 1 aromatic heterocycles.